The second-order valence-electron chi connectivity index (χ2n) is 3.75. The summed E-state index contributed by atoms with van der Waals surface area (Å²) in [5.41, 5.74) is -0.565. The molecule has 0 radical (unpaired) electrons. The van der Waals surface area contributed by atoms with Crippen LogP contribution >= 0.6 is 11.8 Å². The van der Waals surface area contributed by atoms with Crippen molar-refractivity contribution >= 4 is 39.3 Å². The first-order valence-electron chi connectivity index (χ1n) is 4.22. The zero-order valence-corrected chi connectivity index (χ0v) is 11.3. The zero-order valence-electron chi connectivity index (χ0n) is 9.64. The van der Waals surface area contributed by atoms with Crippen molar-refractivity contribution in [1.82, 2.24) is 0 Å². The van der Waals surface area contributed by atoms with Crippen LogP contribution in [0.25, 0.3) is 5.32 Å². The van der Waals surface area contributed by atoms with Gasteiger partial charge in [0.05, 0.1) is 11.3 Å². The molecule has 0 saturated heterocycles. The van der Waals surface area contributed by atoms with Crippen molar-refractivity contribution < 1.29 is 32.6 Å². The van der Waals surface area contributed by atoms with Crippen LogP contribution in [0.15, 0.2) is 4.99 Å². The number of ether oxygens (including phenoxy) is 1. The van der Waals surface area contributed by atoms with E-state index in [1.165, 1.54) is 11.8 Å². The summed E-state index contributed by atoms with van der Waals surface area (Å²) in [5.74, 6) is 0.482. The van der Waals surface area contributed by atoms with Crippen LogP contribution < -0.4 is 18.9 Å². The Balaban J connectivity index is 0.00000225. The quantitative estimate of drug-likeness (QED) is 0.400. The van der Waals surface area contributed by atoms with E-state index in [9.17, 15) is 9.00 Å². The molecule has 0 fully saturated rings. The van der Waals surface area contributed by atoms with Crippen molar-refractivity contribution in [3.8, 4) is 0 Å². The maximum Gasteiger partial charge on any atom is 1.00 e. The molecule has 0 bridgehead atoms. The fourth-order valence-electron chi connectivity index (χ4n) is 0.760. The standard InChI is InChI=1S/C8H12N2O3S2.Li/c1-8(2,3)13-7(11)10-6-9-5(15-12)4-14-6;/h4H2,1-3H3,(H,9,10,11);/q;+1/p-1. The van der Waals surface area contributed by atoms with Gasteiger partial charge in [-0.3, -0.25) is 4.79 Å². The van der Waals surface area contributed by atoms with Crippen molar-refractivity contribution in [2.45, 2.75) is 26.4 Å². The number of amides is 1. The topological polar surface area (TPSA) is 69.8 Å². The largest absolute Gasteiger partial charge is 1.00 e. The summed E-state index contributed by atoms with van der Waals surface area (Å²) in [4.78, 5) is 15.5. The summed E-state index contributed by atoms with van der Waals surface area (Å²) >= 11 is 1.58. The second kappa shape index (κ2) is 6.50. The van der Waals surface area contributed by atoms with Crippen LogP contribution in [0.5, 0.6) is 0 Å². The summed E-state index contributed by atoms with van der Waals surface area (Å²) in [6.07, 6.45) is -0.675. The van der Waals surface area contributed by atoms with E-state index in [1.807, 2.05) is 0 Å². The van der Waals surface area contributed by atoms with Gasteiger partial charge in [-0.25, -0.2) is 4.21 Å². The zero-order chi connectivity index (χ0) is 11.5. The first-order valence-corrected chi connectivity index (χ1v) is 5.95. The Morgan fingerprint density at radius 1 is 1.56 bits per heavy atom. The van der Waals surface area contributed by atoms with Crippen LogP contribution in [0.2, 0.25) is 0 Å². The van der Waals surface area contributed by atoms with Gasteiger partial charge in [0.1, 0.15) is 5.60 Å². The molecule has 1 aliphatic rings. The Bertz CT molecular complexity index is 359. The van der Waals surface area contributed by atoms with E-state index in [0.29, 0.717) is 27.2 Å². The Morgan fingerprint density at radius 3 is 2.62 bits per heavy atom. The van der Waals surface area contributed by atoms with Gasteiger partial charge in [0.15, 0.2) is 0 Å². The molecule has 1 amide bonds. The van der Waals surface area contributed by atoms with Crippen molar-refractivity contribution in [2.24, 2.45) is 4.99 Å². The van der Waals surface area contributed by atoms with E-state index >= 15 is 0 Å². The molecule has 1 heterocycles. The molecule has 0 aromatic rings. The minimum Gasteiger partial charge on any atom is -0.459 e. The molecule has 5 nitrogen and oxygen atoms in total. The Hall–Kier alpha value is -0.223. The molecule has 84 valence electrons. The van der Waals surface area contributed by atoms with E-state index in [4.69, 9.17) is 4.74 Å². The molecular weight excluding hydrogens is 243 g/mol. The van der Waals surface area contributed by atoms with Gasteiger partial charge in [-0.15, -0.1) is 11.8 Å². The van der Waals surface area contributed by atoms with E-state index in [1.54, 1.807) is 20.8 Å². The third kappa shape index (κ3) is 5.75. The smallest absolute Gasteiger partial charge is 0.459 e. The third-order valence-corrected chi connectivity index (χ3v) is 2.69. The molecule has 16 heavy (non-hydrogen) atoms. The Labute approximate surface area is 114 Å². The average molecular weight is 254 g/mol. The summed E-state index contributed by atoms with van der Waals surface area (Å²) in [5, 5.41) is 3.93. The molecule has 1 aliphatic heterocycles. The van der Waals surface area contributed by atoms with Crippen molar-refractivity contribution in [3.63, 3.8) is 0 Å². The van der Waals surface area contributed by atoms with Crippen molar-refractivity contribution in [1.29, 1.82) is 0 Å². The number of aliphatic imine (C=N–C) groups is 1. The van der Waals surface area contributed by atoms with Gasteiger partial charge in [-0.2, -0.15) is 0 Å². The summed E-state index contributed by atoms with van der Waals surface area (Å²) in [6, 6.07) is 0. The normalized spacial score (nSPS) is 14.9. The molecule has 0 saturated carbocycles. The van der Waals surface area contributed by atoms with Crippen molar-refractivity contribution in [3.05, 3.63) is 5.32 Å². The molecule has 1 rings (SSSR count). The molecule has 0 atom stereocenters. The predicted molar refractivity (Wildman–Crippen MR) is 62.6 cm³/mol. The fraction of sp³-hybridized carbons (Fsp3) is 0.625. The SMILES string of the molecule is CC(C)(C)OC(=O)[N-]C1=NC(=S=O)CS1.[Li+]. The van der Waals surface area contributed by atoms with Crippen LogP contribution in [0.4, 0.5) is 4.79 Å². The number of carbonyl (C=O) groups excluding carboxylic acids is 1. The van der Waals surface area contributed by atoms with Gasteiger partial charge in [0.25, 0.3) is 0 Å². The van der Waals surface area contributed by atoms with Gasteiger partial charge in [-0.05, 0) is 25.9 Å². The number of nitrogens with zero attached hydrogens (tertiary/aromatic N) is 2. The number of hydrogen-bond donors (Lipinski definition) is 0. The number of amidine groups is 1. The molecule has 8 heteroatoms. The van der Waals surface area contributed by atoms with E-state index in [2.05, 4.69) is 10.3 Å². The minimum atomic E-state index is -0.675. The van der Waals surface area contributed by atoms with Gasteiger partial charge < -0.3 is 15.0 Å². The first kappa shape index (κ1) is 15.8. The average Bonchev–Trinajstić information content (AvgIpc) is 2.48. The first-order chi connectivity index (χ1) is 6.90. The van der Waals surface area contributed by atoms with Crippen LogP contribution in [-0.2, 0) is 16.0 Å². The van der Waals surface area contributed by atoms with Gasteiger partial charge in [0, 0.05) is 10.7 Å². The molecule has 0 aromatic heterocycles. The number of hydrogen-bond acceptors (Lipinski definition) is 4. The number of thioether (sulfide) groups is 1. The Morgan fingerprint density at radius 2 is 2.19 bits per heavy atom. The number of rotatable bonds is 0. The van der Waals surface area contributed by atoms with E-state index in [-0.39, 0.29) is 18.9 Å². The monoisotopic (exact) mass is 254 g/mol. The molecule has 0 N–H and O–H groups in total. The van der Waals surface area contributed by atoms with Crippen LogP contribution in [-0.4, -0.2) is 31.8 Å². The van der Waals surface area contributed by atoms with Crippen LogP contribution in [0.3, 0.4) is 0 Å². The molecule has 0 aromatic carbocycles. The second-order valence-corrected chi connectivity index (χ2v) is 5.33. The van der Waals surface area contributed by atoms with Gasteiger partial charge in [-0.1, -0.05) is 0 Å². The third-order valence-electron chi connectivity index (χ3n) is 1.22. The van der Waals surface area contributed by atoms with Gasteiger partial charge in [0.2, 0.25) is 0 Å². The maximum absolute atomic E-state index is 11.2. The predicted octanol–water partition coefficient (Wildman–Crippen LogP) is -1.26. The van der Waals surface area contributed by atoms with E-state index < -0.39 is 11.7 Å². The summed E-state index contributed by atoms with van der Waals surface area (Å²) in [6.45, 7) is 5.28. The molecular formula is C8H11LiN2O3S2. The van der Waals surface area contributed by atoms with Crippen molar-refractivity contribution in [2.75, 3.05) is 5.75 Å². The van der Waals surface area contributed by atoms with Gasteiger partial charge >= 0.3 is 25.0 Å². The maximum atomic E-state index is 11.2. The van der Waals surface area contributed by atoms with Crippen LogP contribution in [0.1, 0.15) is 20.8 Å². The minimum absolute atomic E-state index is 0. The van der Waals surface area contributed by atoms with Crippen LogP contribution in [0, 0.1) is 0 Å². The molecule has 0 spiro atoms. The summed E-state index contributed by atoms with van der Waals surface area (Å²) in [7, 11) is 0. The number of carbonyl (C=O) groups is 1. The Kier molecular flexibility index (Phi) is 6.41. The summed E-state index contributed by atoms with van der Waals surface area (Å²) < 4.78 is 15.4. The molecule has 0 unspecified atom stereocenters. The molecule has 0 aliphatic carbocycles. The fourth-order valence-corrected chi connectivity index (χ4v) is 1.94. The van der Waals surface area contributed by atoms with E-state index in [0.717, 1.165) is 0 Å².